The van der Waals surface area contributed by atoms with Crippen molar-refractivity contribution in [2.75, 3.05) is 0 Å². The lowest BCUT2D eigenvalue weighted by atomic mass is 9.81. The predicted molar refractivity (Wildman–Crippen MR) is 67.5 cm³/mol. The van der Waals surface area contributed by atoms with E-state index in [9.17, 15) is 4.79 Å². The van der Waals surface area contributed by atoms with E-state index in [-0.39, 0.29) is 0 Å². The highest BCUT2D eigenvalue weighted by molar-refractivity contribution is 6.05. The first kappa shape index (κ1) is 11.1. The van der Waals surface area contributed by atoms with Crippen LogP contribution in [-0.2, 0) is 16.6 Å². The Kier molecular flexibility index (Phi) is 2.71. The van der Waals surface area contributed by atoms with E-state index in [1.165, 1.54) is 24.0 Å². The third-order valence-corrected chi connectivity index (χ3v) is 3.99. The van der Waals surface area contributed by atoms with Crippen molar-refractivity contribution in [1.82, 2.24) is 0 Å². The molecular weight excluding hydrogens is 196 g/mol. The molecule has 1 atom stereocenters. The van der Waals surface area contributed by atoms with Crippen LogP contribution in [0.5, 0.6) is 0 Å². The van der Waals surface area contributed by atoms with Crippen LogP contribution in [0.15, 0.2) is 24.8 Å². The van der Waals surface area contributed by atoms with Gasteiger partial charge in [-0.05, 0) is 41.4 Å². The summed E-state index contributed by atoms with van der Waals surface area (Å²) in [5.74, 6) is 0. The van der Waals surface area contributed by atoms with Gasteiger partial charge in [0.2, 0.25) is 0 Å². The highest BCUT2D eigenvalue weighted by atomic mass is 16.1. The van der Waals surface area contributed by atoms with Crippen LogP contribution in [0.25, 0.3) is 5.57 Å². The molecule has 0 fully saturated rings. The molecule has 0 N–H and O–H groups in total. The summed E-state index contributed by atoms with van der Waals surface area (Å²) in [4.78, 5) is 10.7. The van der Waals surface area contributed by atoms with Crippen molar-refractivity contribution in [2.24, 2.45) is 0 Å². The second-order valence-corrected chi connectivity index (χ2v) is 4.93. The Morgan fingerprint density at radius 1 is 1.56 bits per heavy atom. The Balaban J connectivity index is 2.44. The molecule has 0 bridgehead atoms. The van der Waals surface area contributed by atoms with Crippen LogP contribution < -0.4 is 0 Å². The van der Waals surface area contributed by atoms with Gasteiger partial charge in [-0.25, -0.2) is 0 Å². The zero-order chi connectivity index (χ0) is 11.8. The minimum Gasteiger partial charge on any atom is -0.298 e. The zero-order valence-corrected chi connectivity index (χ0v) is 10.0. The fourth-order valence-electron chi connectivity index (χ4n) is 2.57. The number of aryl methyl sites for hydroxylation is 1. The summed E-state index contributed by atoms with van der Waals surface area (Å²) in [6, 6.07) is 6.33. The molecule has 0 heterocycles. The molecule has 0 spiro atoms. The normalized spacial score (nSPS) is 22.9. The highest BCUT2D eigenvalue weighted by Crippen LogP contribution is 2.41. The largest absolute Gasteiger partial charge is 0.298 e. The first-order chi connectivity index (χ1) is 7.60. The van der Waals surface area contributed by atoms with Crippen LogP contribution in [0.4, 0.5) is 0 Å². The van der Waals surface area contributed by atoms with Crippen molar-refractivity contribution < 1.29 is 4.79 Å². The van der Waals surface area contributed by atoms with Crippen molar-refractivity contribution in [3.05, 3.63) is 41.5 Å². The Hall–Kier alpha value is -1.37. The highest BCUT2D eigenvalue weighted by Gasteiger charge is 2.32. The lowest BCUT2D eigenvalue weighted by molar-refractivity contribution is -0.103. The van der Waals surface area contributed by atoms with Crippen LogP contribution in [0, 0.1) is 0 Å². The van der Waals surface area contributed by atoms with E-state index >= 15 is 0 Å². The molecule has 1 unspecified atom stereocenters. The van der Waals surface area contributed by atoms with E-state index in [0.29, 0.717) is 11.0 Å². The predicted octanol–water partition coefficient (Wildman–Crippen LogP) is 3.51. The van der Waals surface area contributed by atoms with Gasteiger partial charge in [0.15, 0.2) is 0 Å². The standard InChI is InChI=1S/C15H18O/c1-4-15(3)8-7-13-9-12(11(2)10-16)5-6-14(13)15/h5-6,9-10H,2,4,7-8H2,1,3H3. The Morgan fingerprint density at radius 3 is 2.94 bits per heavy atom. The van der Waals surface area contributed by atoms with Gasteiger partial charge in [-0.15, -0.1) is 0 Å². The maximum atomic E-state index is 10.7. The van der Waals surface area contributed by atoms with E-state index in [0.717, 1.165) is 18.3 Å². The Morgan fingerprint density at radius 2 is 2.31 bits per heavy atom. The maximum Gasteiger partial charge on any atom is 0.150 e. The Bertz CT molecular complexity index is 445. The molecule has 0 saturated heterocycles. The fraction of sp³-hybridized carbons (Fsp3) is 0.400. The number of benzene rings is 1. The van der Waals surface area contributed by atoms with Crippen molar-refractivity contribution >= 4 is 11.9 Å². The lowest BCUT2D eigenvalue weighted by Gasteiger charge is -2.23. The van der Waals surface area contributed by atoms with Gasteiger partial charge >= 0.3 is 0 Å². The number of fused-ring (bicyclic) bond motifs is 1. The van der Waals surface area contributed by atoms with Crippen LogP contribution in [-0.4, -0.2) is 6.29 Å². The average Bonchev–Trinajstić information content (AvgIpc) is 2.66. The SMILES string of the molecule is C=C(C=O)c1ccc2c(c1)CCC2(C)CC. The summed E-state index contributed by atoms with van der Waals surface area (Å²) in [7, 11) is 0. The number of allylic oxidation sites excluding steroid dienone is 1. The first-order valence-electron chi connectivity index (χ1n) is 5.88. The second-order valence-electron chi connectivity index (χ2n) is 4.93. The van der Waals surface area contributed by atoms with E-state index in [1.54, 1.807) is 0 Å². The molecule has 1 heteroatoms. The molecule has 0 radical (unpaired) electrons. The maximum absolute atomic E-state index is 10.7. The molecule has 0 aliphatic heterocycles. The quantitative estimate of drug-likeness (QED) is 0.556. The number of hydrogen-bond donors (Lipinski definition) is 0. The minimum absolute atomic E-state index is 0.330. The number of rotatable bonds is 3. The molecule has 0 amide bonds. The van der Waals surface area contributed by atoms with Crippen molar-refractivity contribution in [3.63, 3.8) is 0 Å². The van der Waals surface area contributed by atoms with Crippen LogP contribution >= 0.6 is 0 Å². The Labute approximate surface area is 97.2 Å². The molecule has 0 saturated carbocycles. The van der Waals surface area contributed by atoms with E-state index in [1.807, 2.05) is 6.07 Å². The van der Waals surface area contributed by atoms with Gasteiger partial charge in [0.25, 0.3) is 0 Å². The van der Waals surface area contributed by atoms with Crippen LogP contribution in [0.3, 0.4) is 0 Å². The van der Waals surface area contributed by atoms with Gasteiger partial charge < -0.3 is 0 Å². The van der Waals surface area contributed by atoms with Gasteiger partial charge in [0.1, 0.15) is 6.29 Å². The third kappa shape index (κ3) is 1.60. The van der Waals surface area contributed by atoms with Crippen LogP contribution in [0.1, 0.15) is 43.4 Å². The van der Waals surface area contributed by atoms with Gasteiger partial charge in [0.05, 0.1) is 0 Å². The summed E-state index contributed by atoms with van der Waals surface area (Å²) >= 11 is 0. The number of aldehydes is 1. The molecule has 1 aromatic rings. The smallest absolute Gasteiger partial charge is 0.150 e. The molecule has 0 aromatic heterocycles. The van der Waals surface area contributed by atoms with Crippen molar-refractivity contribution in [1.29, 1.82) is 0 Å². The lowest BCUT2D eigenvalue weighted by Crippen LogP contribution is -2.16. The van der Waals surface area contributed by atoms with E-state index in [2.05, 4.69) is 32.6 Å². The summed E-state index contributed by atoms with van der Waals surface area (Å²) in [6.45, 7) is 8.33. The number of carbonyl (C=O) groups excluding carboxylic acids is 1. The molecular formula is C15H18O. The fourth-order valence-corrected chi connectivity index (χ4v) is 2.57. The minimum atomic E-state index is 0.330. The van der Waals surface area contributed by atoms with Crippen molar-refractivity contribution in [3.8, 4) is 0 Å². The number of carbonyl (C=O) groups is 1. The average molecular weight is 214 g/mol. The van der Waals surface area contributed by atoms with Gasteiger partial charge in [-0.3, -0.25) is 4.79 Å². The van der Waals surface area contributed by atoms with Gasteiger partial charge in [-0.2, -0.15) is 0 Å². The van der Waals surface area contributed by atoms with Crippen molar-refractivity contribution in [2.45, 2.75) is 38.5 Å². The zero-order valence-electron chi connectivity index (χ0n) is 10.0. The van der Waals surface area contributed by atoms with E-state index < -0.39 is 0 Å². The summed E-state index contributed by atoms with van der Waals surface area (Å²) in [6.07, 6.45) is 4.35. The van der Waals surface area contributed by atoms with Crippen LogP contribution in [0.2, 0.25) is 0 Å². The monoisotopic (exact) mass is 214 g/mol. The van der Waals surface area contributed by atoms with Gasteiger partial charge in [-0.1, -0.05) is 38.6 Å². The number of hydrogen-bond acceptors (Lipinski definition) is 1. The molecule has 1 nitrogen and oxygen atoms in total. The summed E-state index contributed by atoms with van der Waals surface area (Å²) in [5, 5.41) is 0. The molecule has 1 aliphatic rings. The first-order valence-corrected chi connectivity index (χ1v) is 5.88. The molecule has 1 aliphatic carbocycles. The molecule has 2 rings (SSSR count). The summed E-state index contributed by atoms with van der Waals surface area (Å²) < 4.78 is 0. The molecule has 84 valence electrons. The third-order valence-electron chi connectivity index (χ3n) is 3.99. The molecule has 1 aromatic carbocycles. The summed E-state index contributed by atoms with van der Waals surface area (Å²) in [5.41, 5.74) is 4.72. The topological polar surface area (TPSA) is 17.1 Å². The van der Waals surface area contributed by atoms with Gasteiger partial charge in [0, 0.05) is 5.57 Å². The second kappa shape index (κ2) is 3.89. The van der Waals surface area contributed by atoms with E-state index in [4.69, 9.17) is 0 Å². The molecule has 16 heavy (non-hydrogen) atoms.